The highest BCUT2D eigenvalue weighted by molar-refractivity contribution is 5.94. The van der Waals surface area contributed by atoms with E-state index in [1.807, 2.05) is 48.5 Å². The number of carbonyl (C=O) groups excluding carboxylic acids is 1. The number of nitrogens with one attached hydrogen (secondary N) is 1. The van der Waals surface area contributed by atoms with Gasteiger partial charge in [-0.05, 0) is 53.4 Å². The minimum absolute atomic E-state index is 0.0205. The average Bonchev–Trinajstić information content (AvgIpc) is 2.80. The Bertz CT molecular complexity index is 1130. The van der Waals surface area contributed by atoms with Gasteiger partial charge in [0.25, 0.3) is 11.5 Å². The summed E-state index contributed by atoms with van der Waals surface area (Å²) in [6, 6.07) is 18.0. The average molecular weight is 434 g/mol. The second kappa shape index (κ2) is 10.9. The smallest absolute Gasteiger partial charge is 0.276 e. The summed E-state index contributed by atoms with van der Waals surface area (Å²) in [6.07, 6.45) is 3.16. The molecule has 0 atom stereocenters. The Morgan fingerprint density at radius 1 is 1.09 bits per heavy atom. The quantitative estimate of drug-likeness (QED) is 0.412. The lowest BCUT2D eigenvalue weighted by Gasteiger charge is -2.09. The molecule has 0 aliphatic rings. The number of aromatic nitrogens is 1. The van der Waals surface area contributed by atoms with Gasteiger partial charge in [-0.2, -0.15) is 5.10 Å². The molecular formula is C25H27N3O4. The molecule has 3 aromatic rings. The highest BCUT2D eigenvalue weighted by atomic mass is 16.5. The van der Waals surface area contributed by atoms with Crippen molar-refractivity contribution in [2.45, 2.75) is 20.4 Å². The monoisotopic (exact) mass is 433 g/mol. The van der Waals surface area contributed by atoms with Gasteiger partial charge in [0.2, 0.25) is 0 Å². The molecule has 166 valence electrons. The lowest BCUT2D eigenvalue weighted by molar-refractivity contribution is 0.0953. The first-order chi connectivity index (χ1) is 15.5. The summed E-state index contributed by atoms with van der Waals surface area (Å²) in [5.74, 6) is 1.33. The molecule has 3 rings (SSSR count). The number of nitrogens with zero attached hydrogens (tertiary/aromatic N) is 2. The van der Waals surface area contributed by atoms with Gasteiger partial charge in [0, 0.05) is 6.20 Å². The molecule has 0 fully saturated rings. The van der Waals surface area contributed by atoms with Crippen LogP contribution in [0.25, 0.3) is 0 Å². The van der Waals surface area contributed by atoms with Gasteiger partial charge in [0.05, 0.1) is 26.5 Å². The molecule has 0 saturated heterocycles. The lowest BCUT2D eigenvalue weighted by Crippen LogP contribution is -2.30. The maximum atomic E-state index is 12.8. The number of benzene rings is 2. The first-order valence-corrected chi connectivity index (χ1v) is 10.3. The van der Waals surface area contributed by atoms with Gasteiger partial charge in [-0.3, -0.25) is 9.59 Å². The van der Waals surface area contributed by atoms with E-state index in [9.17, 15) is 9.59 Å². The Balaban J connectivity index is 1.66. The van der Waals surface area contributed by atoms with Gasteiger partial charge < -0.3 is 14.0 Å². The van der Waals surface area contributed by atoms with Crippen molar-refractivity contribution in [1.82, 2.24) is 9.99 Å². The standard InChI is InChI=1S/C25H27N3O4/c1-18(2)17-32-22-7-4-6-20(14-22)15-26-27-24(29)23-8-5-13-28(25(23)30)16-19-9-11-21(31-3)12-10-19/h4-15,18H,16-17H2,1-3H3,(H,27,29)/b26-15-. The number of hydrazone groups is 1. The number of hydrogen-bond donors (Lipinski definition) is 1. The van der Waals surface area contributed by atoms with Crippen LogP contribution in [0.3, 0.4) is 0 Å². The van der Waals surface area contributed by atoms with Crippen LogP contribution in [-0.4, -0.2) is 30.4 Å². The zero-order valence-electron chi connectivity index (χ0n) is 18.4. The van der Waals surface area contributed by atoms with E-state index in [0.717, 1.165) is 22.6 Å². The predicted molar refractivity (Wildman–Crippen MR) is 125 cm³/mol. The second-order valence-corrected chi connectivity index (χ2v) is 7.68. The fraction of sp³-hybridized carbons (Fsp3) is 0.240. The third kappa shape index (κ3) is 6.31. The number of rotatable bonds is 9. The van der Waals surface area contributed by atoms with E-state index >= 15 is 0 Å². The molecule has 0 spiro atoms. The summed E-state index contributed by atoms with van der Waals surface area (Å²) in [7, 11) is 1.60. The van der Waals surface area contributed by atoms with Crippen LogP contribution in [0.4, 0.5) is 0 Å². The molecule has 32 heavy (non-hydrogen) atoms. The van der Waals surface area contributed by atoms with Crippen molar-refractivity contribution < 1.29 is 14.3 Å². The molecule has 0 bridgehead atoms. The largest absolute Gasteiger partial charge is 0.497 e. The zero-order chi connectivity index (χ0) is 22.9. The zero-order valence-corrected chi connectivity index (χ0v) is 18.4. The highest BCUT2D eigenvalue weighted by Gasteiger charge is 2.11. The summed E-state index contributed by atoms with van der Waals surface area (Å²) >= 11 is 0. The van der Waals surface area contributed by atoms with Crippen molar-refractivity contribution in [3.8, 4) is 11.5 Å². The third-order valence-corrected chi connectivity index (χ3v) is 4.60. The summed E-state index contributed by atoms with van der Waals surface area (Å²) in [4.78, 5) is 25.3. The van der Waals surface area contributed by atoms with Crippen LogP contribution in [0.15, 0.2) is 76.8 Å². The number of pyridine rings is 1. The van der Waals surface area contributed by atoms with Crippen LogP contribution >= 0.6 is 0 Å². The first-order valence-electron chi connectivity index (χ1n) is 10.3. The van der Waals surface area contributed by atoms with Crippen molar-refractivity contribution in [2.75, 3.05) is 13.7 Å². The molecule has 2 aromatic carbocycles. The van der Waals surface area contributed by atoms with Gasteiger partial charge in [-0.1, -0.05) is 38.1 Å². The van der Waals surface area contributed by atoms with Gasteiger partial charge >= 0.3 is 0 Å². The topological polar surface area (TPSA) is 81.9 Å². The lowest BCUT2D eigenvalue weighted by atomic mass is 10.2. The molecule has 1 N–H and O–H groups in total. The number of methoxy groups -OCH3 is 1. The Morgan fingerprint density at radius 2 is 1.88 bits per heavy atom. The summed E-state index contributed by atoms with van der Waals surface area (Å²) in [5.41, 5.74) is 3.75. The van der Waals surface area contributed by atoms with E-state index in [1.54, 1.807) is 19.4 Å². The van der Waals surface area contributed by atoms with Crippen LogP contribution in [-0.2, 0) is 6.54 Å². The fourth-order valence-electron chi connectivity index (χ4n) is 2.93. The van der Waals surface area contributed by atoms with E-state index in [0.29, 0.717) is 19.1 Å². The van der Waals surface area contributed by atoms with E-state index < -0.39 is 5.91 Å². The molecule has 1 aromatic heterocycles. The number of hydrogen-bond acceptors (Lipinski definition) is 5. The SMILES string of the molecule is COc1ccc(Cn2cccc(C(=O)N/N=C\c3cccc(OCC(C)C)c3)c2=O)cc1. The van der Waals surface area contributed by atoms with Crippen LogP contribution in [0.1, 0.15) is 35.3 Å². The van der Waals surface area contributed by atoms with E-state index in [1.165, 1.54) is 16.8 Å². The second-order valence-electron chi connectivity index (χ2n) is 7.68. The molecule has 0 saturated carbocycles. The van der Waals surface area contributed by atoms with Gasteiger partial charge in [0.1, 0.15) is 17.1 Å². The Labute approximate surface area is 187 Å². The van der Waals surface area contributed by atoms with Crippen molar-refractivity contribution >= 4 is 12.1 Å². The Morgan fingerprint density at radius 3 is 2.59 bits per heavy atom. The molecule has 0 aliphatic heterocycles. The Kier molecular flexibility index (Phi) is 7.80. The van der Waals surface area contributed by atoms with Gasteiger partial charge in [-0.25, -0.2) is 5.43 Å². The van der Waals surface area contributed by atoms with Crippen LogP contribution in [0.2, 0.25) is 0 Å². The maximum absolute atomic E-state index is 12.8. The molecule has 0 unspecified atom stereocenters. The highest BCUT2D eigenvalue weighted by Crippen LogP contribution is 2.13. The van der Waals surface area contributed by atoms with Crippen molar-refractivity contribution in [3.63, 3.8) is 0 Å². The van der Waals surface area contributed by atoms with E-state index in [4.69, 9.17) is 9.47 Å². The van der Waals surface area contributed by atoms with Gasteiger partial charge in [-0.15, -0.1) is 0 Å². The molecule has 0 radical (unpaired) electrons. The van der Waals surface area contributed by atoms with Crippen LogP contribution in [0.5, 0.6) is 11.5 Å². The third-order valence-electron chi connectivity index (χ3n) is 4.60. The van der Waals surface area contributed by atoms with Crippen molar-refractivity contribution in [2.24, 2.45) is 11.0 Å². The molecule has 7 nitrogen and oxygen atoms in total. The first kappa shape index (κ1) is 22.8. The molecule has 7 heteroatoms. The predicted octanol–water partition coefficient (Wildman–Crippen LogP) is 3.70. The van der Waals surface area contributed by atoms with Crippen LogP contribution in [0, 0.1) is 5.92 Å². The van der Waals surface area contributed by atoms with Gasteiger partial charge in [0.15, 0.2) is 0 Å². The summed E-state index contributed by atoms with van der Waals surface area (Å²) in [6.45, 7) is 5.12. The van der Waals surface area contributed by atoms with E-state index in [-0.39, 0.29) is 11.1 Å². The number of ether oxygens (including phenoxy) is 2. The number of amides is 1. The minimum atomic E-state index is -0.567. The number of carbonyl (C=O) groups is 1. The summed E-state index contributed by atoms with van der Waals surface area (Å²) < 4.78 is 12.3. The summed E-state index contributed by atoms with van der Waals surface area (Å²) in [5, 5.41) is 3.99. The normalized spacial score (nSPS) is 11.0. The molecule has 1 amide bonds. The molecular weight excluding hydrogens is 406 g/mol. The van der Waals surface area contributed by atoms with Crippen molar-refractivity contribution in [3.05, 3.63) is 93.9 Å². The molecule has 1 heterocycles. The van der Waals surface area contributed by atoms with Crippen LogP contribution < -0.4 is 20.5 Å². The van der Waals surface area contributed by atoms with E-state index in [2.05, 4.69) is 24.4 Å². The molecule has 0 aliphatic carbocycles. The van der Waals surface area contributed by atoms with Crippen molar-refractivity contribution in [1.29, 1.82) is 0 Å². The minimum Gasteiger partial charge on any atom is -0.497 e. The fourth-order valence-corrected chi connectivity index (χ4v) is 2.93. The maximum Gasteiger partial charge on any atom is 0.276 e. The Hall–Kier alpha value is -3.87.